The predicted molar refractivity (Wildman–Crippen MR) is 73.0 cm³/mol. The Morgan fingerprint density at radius 1 is 1.29 bits per heavy atom. The van der Waals surface area contributed by atoms with Crippen molar-refractivity contribution in [2.45, 2.75) is 46.3 Å². The molecule has 0 spiro atoms. The highest BCUT2D eigenvalue weighted by atomic mass is 16.3. The first-order valence-corrected chi connectivity index (χ1v) is 6.38. The number of nitrogens with one attached hydrogen (secondary N) is 1. The van der Waals surface area contributed by atoms with Gasteiger partial charge in [-0.15, -0.1) is 0 Å². The van der Waals surface area contributed by atoms with Crippen LogP contribution in [0.2, 0.25) is 0 Å². The van der Waals surface area contributed by atoms with E-state index in [4.69, 9.17) is 0 Å². The number of hydrogen-bond acceptors (Lipinski definition) is 2. The molecule has 1 aromatic carbocycles. The Labute approximate surface area is 105 Å². The lowest BCUT2D eigenvalue weighted by molar-refractivity contribution is 0.0383. The largest absolute Gasteiger partial charge is 0.389 e. The lowest BCUT2D eigenvalue weighted by Crippen LogP contribution is -2.38. The summed E-state index contributed by atoms with van der Waals surface area (Å²) in [5.74, 6) is 0.519. The molecule has 0 aliphatic heterocycles. The van der Waals surface area contributed by atoms with Crippen molar-refractivity contribution in [3.63, 3.8) is 0 Å². The molecule has 96 valence electrons. The van der Waals surface area contributed by atoms with Crippen LogP contribution in [0.25, 0.3) is 0 Å². The quantitative estimate of drug-likeness (QED) is 0.794. The molecule has 2 nitrogen and oxygen atoms in total. The molecule has 0 aromatic heterocycles. The SMILES string of the molecule is Cc1ccccc1CNCC(C)(O)CC(C)C. The van der Waals surface area contributed by atoms with Crippen LogP contribution in [0.1, 0.15) is 38.3 Å². The van der Waals surface area contributed by atoms with Gasteiger partial charge >= 0.3 is 0 Å². The number of rotatable bonds is 6. The third-order valence-electron chi connectivity index (χ3n) is 2.93. The minimum Gasteiger partial charge on any atom is -0.389 e. The summed E-state index contributed by atoms with van der Waals surface area (Å²) in [6.45, 7) is 9.74. The topological polar surface area (TPSA) is 32.3 Å². The van der Waals surface area contributed by atoms with Gasteiger partial charge in [-0.2, -0.15) is 0 Å². The number of benzene rings is 1. The smallest absolute Gasteiger partial charge is 0.0746 e. The predicted octanol–water partition coefficient (Wildman–Crippen LogP) is 2.88. The highest BCUT2D eigenvalue weighted by molar-refractivity contribution is 5.25. The molecule has 2 N–H and O–H groups in total. The summed E-state index contributed by atoms with van der Waals surface area (Å²) < 4.78 is 0. The summed E-state index contributed by atoms with van der Waals surface area (Å²) in [6, 6.07) is 8.34. The van der Waals surface area contributed by atoms with Gasteiger partial charge in [0.2, 0.25) is 0 Å². The highest BCUT2D eigenvalue weighted by Gasteiger charge is 2.20. The molecule has 0 saturated heterocycles. The number of aliphatic hydroxyl groups is 1. The molecular weight excluding hydrogens is 210 g/mol. The molecule has 1 rings (SSSR count). The van der Waals surface area contributed by atoms with Gasteiger partial charge in [-0.05, 0) is 37.3 Å². The zero-order valence-electron chi connectivity index (χ0n) is 11.5. The van der Waals surface area contributed by atoms with Crippen LogP contribution >= 0.6 is 0 Å². The lowest BCUT2D eigenvalue weighted by atomic mass is 9.94. The normalized spacial score (nSPS) is 14.9. The molecule has 0 heterocycles. The zero-order valence-corrected chi connectivity index (χ0v) is 11.5. The molecule has 0 fully saturated rings. The molecule has 0 bridgehead atoms. The van der Waals surface area contributed by atoms with Crippen molar-refractivity contribution < 1.29 is 5.11 Å². The van der Waals surface area contributed by atoms with Gasteiger partial charge in [-0.25, -0.2) is 0 Å². The first-order chi connectivity index (χ1) is 7.91. The number of hydrogen-bond donors (Lipinski definition) is 2. The molecule has 1 atom stereocenters. The summed E-state index contributed by atoms with van der Waals surface area (Å²) >= 11 is 0. The summed E-state index contributed by atoms with van der Waals surface area (Å²) in [5, 5.41) is 13.5. The van der Waals surface area contributed by atoms with E-state index in [1.54, 1.807) is 0 Å². The molecule has 0 aliphatic rings. The average Bonchev–Trinajstić information content (AvgIpc) is 2.18. The van der Waals surface area contributed by atoms with E-state index in [-0.39, 0.29) is 0 Å². The van der Waals surface area contributed by atoms with E-state index in [0.29, 0.717) is 12.5 Å². The zero-order chi connectivity index (χ0) is 12.9. The number of aryl methyl sites for hydroxylation is 1. The van der Waals surface area contributed by atoms with Crippen molar-refractivity contribution in [3.8, 4) is 0 Å². The third-order valence-corrected chi connectivity index (χ3v) is 2.93. The van der Waals surface area contributed by atoms with Crippen molar-refractivity contribution in [1.29, 1.82) is 0 Å². The molecule has 0 radical (unpaired) electrons. The van der Waals surface area contributed by atoms with E-state index in [1.165, 1.54) is 11.1 Å². The molecule has 2 heteroatoms. The summed E-state index contributed by atoms with van der Waals surface area (Å²) in [6.07, 6.45) is 0.827. The highest BCUT2D eigenvalue weighted by Crippen LogP contribution is 2.15. The maximum atomic E-state index is 10.2. The second kappa shape index (κ2) is 6.18. The summed E-state index contributed by atoms with van der Waals surface area (Å²) in [7, 11) is 0. The van der Waals surface area contributed by atoms with E-state index in [9.17, 15) is 5.11 Å². The van der Waals surface area contributed by atoms with Gasteiger partial charge in [0.25, 0.3) is 0 Å². The van der Waals surface area contributed by atoms with Crippen LogP contribution in [0.3, 0.4) is 0 Å². The van der Waals surface area contributed by atoms with Gasteiger partial charge in [0.15, 0.2) is 0 Å². The summed E-state index contributed by atoms with van der Waals surface area (Å²) in [5.41, 5.74) is 1.98. The molecule has 1 aromatic rings. The molecular formula is C15H25NO. The van der Waals surface area contributed by atoms with Crippen molar-refractivity contribution in [2.75, 3.05) is 6.54 Å². The summed E-state index contributed by atoms with van der Waals surface area (Å²) in [4.78, 5) is 0. The van der Waals surface area contributed by atoms with Gasteiger partial charge in [-0.3, -0.25) is 0 Å². The molecule has 0 aliphatic carbocycles. The Morgan fingerprint density at radius 3 is 2.53 bits per heavy atom. The maximum Gasteiger partial charge on any atom is 0.0746 e. The van der Waals surface area contributed by atoms with Crippen molar-refractivity contribution in [3.05, 3.63) is 35.4 Å². The Balaban J connectivity index is 2.40. The maximum absolute atomic E-state index is 10.2. The lowest BCUT2D eigenvalue weighted by Gasteiger charge is -2.25. The van der Waals surface area contributed by atoms with Gasteiger partial charge in [-0.1, -0.05) is 38.1 Å². The monoisotopic (exact) mass is 235 g/mol. The second-order valence-electron chi connectivity index (χ2n) is 5.62. The van der Waals surface area contributed by atoms with Crippen molar-refractivity contribution in [2.24, 2.45) is 5.92 Å². The van der Waals surface area contributed by atoms with Crippen LogP contribution in [0.5, 0.6) is 0 Å². The molecule has 1 unspecified atom stereocenters. The van der Waals surface area contributed by atoms with Gasteiger partial charge in [0.05, 0.1) is 5.60 Å². The van der Waals surface area contributed by atoms with E-state index >= 15 is 0 Å². The van der Waals surface area contributed by atoms with Gasteiger partial charge in [0.1, 0.15) is 0 Å². The van der Waals surface area contributed by atoms with Crippen LogP contribution in [0.15, 0.2) is 24.3 Å². The third kappa shape index (κ3) is 5.33. The van der Waals surface area contributed by atoms with Crippen LogP contribution < -0.4 is 5.32 Å². The van der Waals surface area contributed by atoms with Crippen molar-refractivity contribution in [1.82, 2.24) is 5.32 Å². The van der Waals surface area contributed by atoms with Crippen LogP contribution in [-0.4, -0.2) is 17.3 Å². The average molecular weight is 235 g/mol. The van der Waals surface area contributed by atoms with Crippen LogP contribution in [0, 0.1) is 12.8 Å². The van der Waals surface area contributed by atoms with E-state index in [2.05, 4.69) is 44.3 Å². The first kappa shape index (κ1) is 14.2. The fourth-order valence-corrected chi connectivity index (χ4v) is 2.23. The van der Waals surface area contributed by atoms with Crippen LogP contribution in [0.4, 0.5) is 0 Å². The molecule has 0 saturated carbocycles. The Morgan fingerprint density at radius 2 is 1.94 bits per heavy atom. The minimum absolute atomic E-state index is 0.519. The molecule has 17 heavy (non-hydrogen) atoms. The Bertz CT molecular complexity index is 345. The fraction of sp³-hybridized carbons (Fsp3) is 0.600. The Hall–Kier alpha value is -0.860. The second-order valence-corrected chi connectivity index (χ2v) is 5.62. The fourth-order valence-electron chi connectivity index (χ4n) is 2.23. The van der Waals surface area contributed by atoms with Gasteiger partial charge in [0, 0.05) is 13.1 Å². The first-order valence-electron chi connectivity index (χ1n) is 6.38. The van der Waals surface area contributed by atoms with E-state index < -0.39 is 5.60 Å². The standard InChI is InChI=1S/C15H25NO/c1-12(2)9-15(4,17)11-16-10-14-8-6-5-7-13(14)3/h5-8,12,16-17H,9-11H2,1-4H3. The van der Waals surface area contributed by atoms with Gasteiger partial charge < -0.3 is 10.4 Å². The van der Waals surface area contributed by atoms with Crippen LogP contribution in [-0.2, 0) is 6.54 Å². The molecule has 0 amide bonds. The van der Waals surface area contributed by atoms with E-state index in [1.807, 2.05) is 13.0 Å². The minimum atomic E-state index is -0.614. The Kier molecular flexibility index (Phi) is 5.16. The van der Waals surface area contributed by atoms with E-state index in [0.717, 1.165) is 13.0 Å². The van der Waals surface area contributed by atoms with Crippen molar-refractivity contribution >= 4 is 0 Å².